The van der Waals surface area contributed by atoms with E-state index in [0.717, 1.165) is 22.6 Å². The highest BCUT2D eigenvalue weighted by Gasteiger charge is 2.23. The average Bonchev–Trinajstić information content (AvgIpc) is 3.01. The van der Waals surface area contributed by atoms with Crippen molar-refractivity contribution in [3.63, 3.8) is 0 Å². The van der Waals surface area contributed by atoms with E-state index in [1.54, 1.807) is 26.4 Å². The van der Waals surface area contributed by atoms with Gasteiger partial charge in [-0.2, -0.15) is 0 Å². The summed E-state index contributed by atoms with van der Waals surface area (Å²) in [6.45, 7) is 0.615. The summed E-state index contributed by atoms with van der Waals surface area (Å²) in [6, 6.07) is 29.8. The molecule has 2 aliphatic rings. The summed E-state index contributed by atoms with van der Waals surface area (Å²) >= 11 is 0. The first-order chi connectivity index (χ1) is 19.6. The number of ketones is 2. The lowest BCUT2D eigenvalue weighted by molar-refractivity contribution is 0.0992. The van der Waals surface area contributed by atoms with Crippen LogP contribution in [0.2, 0.25) is 0 Å². The SMILES string of the molecule is COc1ccc(/C=C2\COc3ccccc3C2=O)cc1.COc1ccc(/C=C2\COc3ccccc3C2=O)cc1. The summed E-state index contributed by atoms with van der Waals surface area (Å²) in [4.78, 5) is 24.7. The Hall–Kier alpha value is -5.10. The number of methoxy groups -OCH3 is 2. The van der Waals surface area contributed by atoms with Gasteiger partial charge in [0.25, 0.3) is 0 Å². The van der Waals surface area contributed by atoms with Crippen LogP contribution in [0, 0.1) is 0 Å². The number of carbonyl (C=O) groups is 2. The average molecular weight is 533 g/mol. The van der Waals surface area contributed by atoms with Gasteiger partial charge in [0.05, 0.1) is 25.3 Å². The smallest absolute Gasteiger partial charge is 0.196 e. The van der Waals surface area contributed by atoms with Gasteiger partial charge in [-0.15, -0.1) is 0 Å². The lowest BCUT2D eigenvalue weighted by atomic mass is 9.98. The van der Waals surface area contributed by atoms with Crippen molar-refractivity contribution in [3.05, 3.63) is 130 Å². The van der Waals surface area contributed by atoms with E-state index in [-0.39, 0.29) is 11.6 Å². The molecule has 0 bridgehead atoms. The minimum atomic E-state index is 0.0302. The molecule has 0 saturated heterocycles. The maximum atomic E-state index is 12.4. The Morgan fingerprint density at radius 1 is 0.550 bits per heavy atom. The molecule has 0 N–H and O–H groups in total. The number of Topliss-reactive ketones (excluding diaryl/α,β-unsaturated/α-hetero) is 2. The molecule has 200 valence electrons. The van der Waals surface area contributed by atoms with Crippen molar-refractivity contribution < 1.29 is 28.5 Å². The molecule has 6 heteroatoms. The van der Waals surface area contributed by atoms with Crippen LogP contribution in [0.4, 0.5) is 0 Å². The summed E-state index contributed by atoms with van der Waals surface area (Å²) in [7, 11) is 3.26. The minimum absolute atomic E-state index is 0.0302. The monoisotopic (exact) mass is 532 g/mol. The molecule has 0 unspecified atom stereocenters. The van der Waals surface area contributed by atoms with Gasteiger partial charge in [-0.1, -0.05) is 48.5 Å². The second kappa shape index (κ2) is 12.2. The first kappa shape index (κ1) is 26.5. The highest BCUT2D eigenvalue weighted by molar-refractivity contribution is 6.14. The summed E-state index contributed by atoms with van der Waals surface area (Å²) in [5.74, 6) is 2.96. The summed E-state index contributed by atoms with van der Waals surface area (Å²) in [6.07, 6.45) is 3.72. The Bertz CT molecular complexity index is 1460. The van der Waals surface area contributed by atoms with E-state index in [9.17, 15) is 9.59 Å². The van der Waals surface area contributed by atoms with Gasteiger partial charge in [0.1, 0.15) is 36.2 Å². The molecule has 0 saturated carbocycles. The van der Waals surface area contributed by atoms with Gasteiger partial charge in [-0.05, 0) is 71.8 Å². The maximum absolute atomic E-state index is 12.4. The molecule has 0 aromatic heterocycles. The zero-order valence-electron chi connectivity index (χ0n) is 22.3. The third-order valence-electron chi connectivity index (χ3n) is 6.53. The molecule has 4 aromatic rings. The number of benzene rings is 4. The third-order valence-corrected chi connectivity index (χ3v) is 6.53. The van der Waals surface area contributed by atoms with Crippen LogP contribution < -0.4 is 18.9 Å². The van der Waals surface area contributed by atoms with Crippen LogP contribution in [0.5, 0.6) is 23.0 Å². The van der Waals surface area contributed by atoms with Crippen LogP contribution in [-0.2, 0) is 0 Å². The van der Waals surface area contributed by atoms with E-state index in [4.69, 9.17) is 18.9 Å². The summed E-state index contributed by atoms with van der Waals surface area (Å²) < 4.78 is 21.4. The highest BCUT2D eigenvalue weighted by Crippen LogP contribution is 2.29. The van der Waals surface area contributed by atoms with Crippen molar-refractivity contribution in [2.24, 2.45) is 0 Å². The van der Waals surface area contributed by atoms with E-state index in [1.165, 1.54) is 0 Å². The lowest BCUT2D eigenvalue weighted by Crippen LogP contribution is -2.18. The number of ether oxygens (including phenoxy) is 4. The Balaban J connectivity index is 0.000000161. The number of rotatable bonds is 4. The predicted octanol–water partition coefficient (Wildman–Crippen LogP) is 6.71. The number of para-hydroxylation sites is 2. The molecular weight excluding hydrogens is 504 g/mol. The molecular formula is C34H28O6. The molecule has 0 spiro atoms. The van der Waals surface area contributed by atoms with Gasteiger partial charge >= 0.3 is 0 Å². The largest absolute Gasteiger partial charge is 0.497 e. The second-order valence-corrected chi connectivity index (χ2v) is 9.11. The van der Waals surface area contributed by atoms with Crippen LogP contribution in [0.1, 0.15) is 31.8 Å². The van der Waals surface area contributed by atoms with E-state index in [2.05, 4.69) is 0 Å². The van der Waals surface area contributed by atoms with Gasteiger partial charge in [0.2, 0.25) is 0 Å². The zero-order valence-corrected chi connectivity index (χ0v) is 22.3. The first-order valence-electron chi connectivity index (χ1n) is 12.8. The molecule has 0 amide bonds. The quantitative estimate of drug-likeness (QED) is 0.272. The number of hydrogen-bond donors (Lipinski definition) is 0. The van der Waals surface area contributed by atoms with Crippen LogP contribution in [-0.4, -0.2) is 39.0 Å². The maximum Gasteiger partial charge on any atom is 0.196 e. The van der Waals surface area contributed by atoms with Crippen LogP contribution >= 0.6 is 0 Å². The zero-order chi connectivity index (χ0) is 27.9. The molecule has 0 fully saturated rings. The highest BCUT2D eigenvalue weighted by atomic mass is 16.5. The van der Waals surface area contributed by atoms with Crippen molar-refractivity contribution in [3.8, 4) is 23.0 Å². The van der Waals surface area contributed by atoms with Gasteiger partial charge in [0, 0.05) is 11.1 Å². The van der Waals surface area contributed by atoms with Crippen LogP contribution in [0.25, 0.3) is 12.2 Å². The Morgan fingerprint density at radius 2 is 0.925 bits per heavy atom. The Kier molecular flexibility index (Phi) is 8.07. The summed E-state index contributed by atoms with van der Waals surface area (Å²) in [5.41, 5.74) is 4.48. The van der Waals surface area contributed by atoms with E-state index in [1.807, 2.05) is 97.1 Å². The Morgan fingerprint density at radius 3 is 1.30 bits per heavy atom. The standard InChI is InChI=1S/2C17H14O3/c2*1-19-14-8-6-12(7-9-14)10-13-11-20-16-5-3-2-4-15(16)17(13)18/h2*2-10H,11H2,1H3/b2*13-10+. The molecule has 0 atom stereocenters. The molecule has 2 aliphatic heterocycles. The van der Waals surface area contributed by atoms with Crippen LogP contribution in [0.15, 0.2) is 108 Å². The summed E-state index contributed by atoms with van der Waals surface area (Å²) in [5, 5.41) is 0. The lowest BCUT2D eigenvalue weighted by Gasteiger charge is -2.18. The van der Waals surface area contributed by atoms with Gasteiger partial charge in [0.15, 0.2) is 11.6 Å². The number of fused-ring (bicyclic) bond motifs is 2. The molecule has 40 heavy (non-hydrogen) atoms. The van der Waals surface area contributed by atoms with Crippen LogP contribution in [0.3, 0.4) is 0 Å². The topological polar surface area (TPSA) is 71.1 Å². The molecule has 6 rings (SSSR count). The van der Waals surface area contributed by atoms with Gasteiger partial charge in [-0.3, -0.25) is 9.59 Å². The van der Waals surface area contributed by atoms with E-state index >= 15 is 0 Å². The number of carbonyl (C=O) groups excluding carboxylic acids is 2. The minimum Gasteiger partial charge on any atom is -0.497 e. The fraction of sp³-hybridized carbons (Fsp3) is 0.118. The van der Waals surface area contributed by atoms with E-state index in [0.29, 0.717) is 47.0 Å². The molecule has 6 nitrogen and oxygen atoms in total. The second-order valence-electron chi connectivity index (χ2n) is 9.11. The van der Waals surface area contributed by atoms with Crippen molar-refractivity contribution >= 4 is 23.7 Å². The fourth-order valence-corrected chi connectivity index (χ4v) is 4.37. The van der Waals surface area contributed by atoms with Crippen molar-refractivity contribution in [2.45, 2.75) is 0 Å². The Labute approximate surface area is 233 Å². The molecule has 0 radical (unpaired) electrons. The first-order valence-corrected chi connectivity index (χ1v) is 12.8. The van der Waals surface area contributed by atoms with Gasteiger partial charge in [-0.25, -0.2) is 0 Å². The fourth-order valence-electron chi connectivity index (χ4n) is 4.37. The van der Waals surface area contributed by atoms with Crippen molar-refractivity contribution in [2.75, 3.05) is 27.4 Å². The normalized spacial score (nSPS) is 15.7. The number of hydrogen-bond acceptors (Lipinski definition) is 6. The van der Waals surface area contributed by atoms with E-state index < -0.39 is 0 Å². The molecule has 0 aliphatic carbocycles. The molecule has 4 aromatic carbocycles. The van der Waals surface area contributed by atoms with Gasteiger partial charge < -0.3 is 18.9 Å². The molecule has 2 heterocycles. The third kappa shape index (κ3) is 5.97. The predicted molar refractivity (Wildman–Crippen MR) is 154 cm³/mol. The van der Waals surface area contributed by atoms with Crippen molar-refractivity contribution in [1.82, 2.24) is 0 Å². The van der Waals surface area contributed by atoms with Crippen molar-refractivity contribution in [1.29, 1.82) is 0 Å².